The number of ether oxygens (including phenoxy) is 1. The summed E-state index contributed by atoms with van der Waals surface area (Å²) in [6.07, 6.45) is 0. The van der Waals surface area contributed by atoms with Crippen LogP contribution in [0.1, 0.15) is 29.3 Å². The lowest BCUT2D eigenvalue weighted by atomic mass is 10.3. The molecule has 1 heterocycles. The van der Waals surface area contributed by atoms with Gasteiger partial charge in [0, 0.05) is 4.86 Å². The van der Waals surface area contributed by atoms with Crippen molar-refractivity contribution in [3.05, 3.63) is 10.7 Å². The smallest absolute Gasteiger partial charge is 0.367 e. The molecule has 0 unspecified atom stereocenters. The lowest BCUT2D eigenvalue weighted by molar-refractivity contribution is 0.0526. The Labute approximate surface area is 97.0 Å². The molecule has 0 saturated heterocycles. The van der Waals surface area contributed by atoms with Gasteiger partial charge in [0.15, 0.2) is 0 Å². The van der Waals surface area contributed by atoms with Crippen molar-refractivity contribution in [1.82, 2.24) is 4.98 Å². The van der Waals surface area contributed by atoms with Gasteiger partial charge in [-0.2, -0.15) is 0 Å². The van der Waals surface area contributed by atoms with E-state index in [1.54, 1.807) is 13.8 Å². The highest BCUT2D eigenvalue weighted by Gasteiger charge is 2.17. The minimum Gasteiger partial charge on any atom is -0.461 e. The van der Waals surface area contributed by atoms with Crippen molar-refractivity contribution < 1.29 is 9.53 Å². The van der Waals surface area contributed by atoms with Crippen molar-refractivity contribution in [2.45, 2.75) is 13.8 Å². The molecule has 0 aliphatic heterocycles. The Bertz CT molecular complexity index is 412. The zero-order chi connectivity index (χ0) is 11.4. The molecular formula is C9H10N2O2S2. The van der Waals surface area contributed by atoms with Gasteiger partial charge in [-0.25, -0.2) is 9.78 Å². The van der Waals surface area contributed by atoms with Crippen molar-refractivity contribution in [1.29, 1.82) is 0 Å². The van der Waals surface area contributed by atoms with Crippen LogP contribution in [0.2, 0.25) is 0 Å². The first kappa shape index (κ1) is 11.9. The average molecular weight is 242 g/mol. The Morgan fingerprint density at radius 2 is 2.40 bits per heavy atom. The third-order valence-corrected chi connectivity index (χ3v) is 2.70. The number of thiazole rings is 1. The summed E-state index contributed by atoms with van der Waals surface area (Å²) in [6, 6.07) is 0. The van der Waals surface area contributed by atoms with E-state index < -0.39 is 5.97 Å². The van der Waals surface area contributed by atoms with Crippen molar-refractivity contribution in [3.63, 3.8) is 0 Å². The summed E-state index contributed by atoms with van der Waals surface area (Å²) in [5.74, 6) is -0.449. The Balaban J connectivity index is 3.07. The second kappa shape index (κ2) is 5.09. The number of aromatic nitrogens is 1. The van der Waals surface area contributed by atoms with Crippen LogP contribution in [0.15, 0.2) is 4.99 Å². The van der Waals surface area contributed by atoms with Gasteiger partial charge in [-0.3, -0.25) is 4.99 Å². The number of esters is 1. The molecule has 0 aliphatic rings. The number of carbonyl (C=O) groups is 1. The zero-order valence-corrected chi connectivity index (χ0v) is 10.1. The largest absolute Gasteiger partial charge is 0.461 e. The predicted octanol–water partition coefficient (Wildman–Crippen LogP) is 2.39. The molecule has 0 radical (unpaired) electrons. The second-order valence-electron chi connectivity index (χ2n) is 2.61. The van der Waals surface area contributed by atoms with Gasteiger partial charge in [0.1, 0.15) is 10.7 Å². The Kier molecular flexibility index (Phi) is 4.05. The molecule has 1 aromatic rings. The van der Waals surface area contributed by atoms with Gasteiger partial charge in [0.25, 0.3) is 0 Å². The molecule has 0 N–H and O–H groups in total. The van der Waals surface area contributed by atoms with Crippen LogP contribution in [0.4, 0.5) is 5.00 Å². The third-order valence-electron chi connectivity index (χ3n) is 1.54. The highest BCUT2D eigenvalue weighted by Crippen LogP contribution is 2.28. The monoisotopic (exact) mass is 242 g/mol. The Morgan fingerprint density at radius 1 is 1.73 bits per heavy atom. The maximum absolute atomic E-state index is 11.4. The fraction of sp³-hybridized carbons (Fsp3) is 0.333. The van der Waals surface area contributed by atoms with E-state index in [1.807, 2.05) is 0 Å². The molecule has 4 nitrogen and oxygen atoms in total. The number of thiocarbonyl (C=S) groups is 1. The Hall–Kier alpha value is -1.14. The molecule has 0 spiro atoms. The minimum absolute atomic E-state index is 0.262. The molecule has 6 heteroatoms. The van der Waals surface area contributed by atoms with E-state index in [0.29, 0.717) is 22.2 Å². The SMILES string of the molecule is C=Nc1sc(C(=O)OCC)nc1C(C)=S. The molecule has 0 saturated carbocycles. The average Bonchev–Trinajstić information content (AvgIpc) is 2.61. The third kappa shape index (κ3) is 2.66. The number of hydrogen-bond acceptors (Lipinski definition) is 6. The van der Waals surface area contributed by atoms with Crippen molar-refractivity contribution in [2.75, 3.05) is 6.61 Å². The van der Waals surface area contributed by atoms with E-state index in [0.717, 1.165) is 11.3 Å². The van der Waals surface area contributed by atoms with Crippen LogP contribution in [-0.4, -0.2) is 29.1 Å². The molecule has 0 bridgehead atoms. The topological polar surface area (TPSA) is 51.5 Å². The number of hydrogen-bond donors (Lipinski definition) is 0. The van der Waals surface area contributed by atoms with Gasteiger partial charge in [-0.05, 0) is 20.6 Å². The van der Waals surface area contributed by atoms with Crippen LogP contribution >= 0.6 is 23.6 Å². The van der Waals surface area contributed by atoms with Crippen molar-refractivity contribution >= 4 is 46.1 Å². The van der Waals surface area contributed by atoms with E-state index in [4.69, 9.17) is 17.0 Å². The molecule has 0 atom stereocenters. The zero-order valence-electron chi connectivity index (χ0n) is 8.44. The molecular weight excluding hydrogens is 232 g/mol. The molecule has 1 aromatic heterocycles. The predicted molar refractivity (Wildman–Crippen MR) is 64.7 cm³/mol. The van der Waals surface area contributed by atoms with Crippen LogP contribution in [0.3, 0.4) is 0 Å². The van der Waals surface area contributed by atoms with Gasteiger partial charge in [-0.15, -0.1) is 0 Å². The number of rotatable bonds is 4. The van der Waals surface area contributed by atoms with E-state index in [1.165, 1.54) is 0 Å². The molecule has 0 aromatic carbocycles. The van der Waals surface area contributed by atoms with Crippen LogP contribution in [0.25, 0.3) is 0 Å². The van der Waals surface area contributed by atoms with Crippen molar-refractivity contribution in [3.8, 4) is 0 Å². The highest BCUT2D eigenvalue weighted by atomic mass is 32.1. The van der Waals surface area contributed by atoms with Crippen LogP contribution in [0, 0.1) is 0 Å². The lowest BCUT2D eigenvalue weighted by Crippen LogP contribution is -2.04. The molecule has 0 aliphatic carbocycles. The molecule has 0 fully saturated rings. The highest BCUT2D eigenvalue weighted by molar-refractivity contribution is 7.80. The molecule has 80 valence electrons. The molecule has 1 rings (SSSR count). The lowest BCUT2D eigenvalue weighted by Gasteiger charge is -1.95. The summed E-state index contributed by atoms with van der Waals surface area (Å²) in [5, 5.41) is 0.823. The number of aliphatic imine (C=N–C) groups is 1. The van der Waals surface area contributed by atoms with Crippen LogP contribution in [0.5, 0.6) is 0 Å². The Morgan fingerprint density at radius 3 is 2.80 bits per heavy atom. The van der Waals surface area contributed by atoms with Gasteiger partial charge in [0.05, 0.1) is 6.61 Å². The van der Waals surface area contributed by atoms with Crippen molar-refractivity contribution in [2.24, 2.45) is 4.99 Å². The van der Waals surface area contributed by atoms with E-state index in [2.05, 4.69) is 16.7 Å². The first-order chi connectivity index (χ1) is 7.10. The summed E-state index contributed by atoms with van der Waals surface area (Å²) >= 11 is 6.12. The van der Waals surface area contributed by atoms with Crippen LogP contribution < -0.4 is 0 Å². The summed E-state index contributed by atoms with van der Waals surface area (Å²) in [6.45, 7) is 7.19. The van der Waals surface area contributed by atoms with Gasteiger partial charge in [-0.1, -0.05) is 23.6 Å². The molecule has 0 amide bonds. The van der Waals surface area contributed by atoms with Crippen LogP contribution in [-0.2, 0) is 4.74 Å². The number of carbonyl (C=O) groups excluding carboxylic acids is 1. The standard InChI is InChI=1S/C9H10N2O2S2/c1-4-13-9(12)8-11-6(5(2)14)7(10-3)15-8/h3-4H2,1-2H3. The maximum Gasteiger partial charge on any atom is 0.367 e. The van der Waals surface area contributed by atoms with E-state index in [9.17, 15) is 4.79 Å². The normalized spacial score (nSPS) is 9.73. The molecule has 15 heavy (non-hydrogen) atoms. The first-order valence-corrected chi connectivity index (χ1v) is 5.48. The summed E-state index contributed by atoms with van der Waals surface area (Å²) in [4.78, 5) is 19.8. The maximum atomic E-state index is 11.4. The van der Waals surface area contributed by atoms with Gasteiger partial charge in [0.2, 0.25) is 5.01 Å². The fourth-order valence-electron chi connectivity index (χ4n) is 0.929. The van der Waals surface area contributed by atoms with E-state index >= 15 is 0 Å². The minimum atomic E-state index is -0.449. The fourth-order valence-corrected chi connectivity index (χ4v) is 1.96. The number of nitrogens with zero attached hydrogens (tertiary/aromatic N) is 2. The van der Waals surface area contributed by atoms with Gasteiger partial charge < -0.3 is 4.74 Å². The first-order valence-electron chi connectivity index (χ1n) is 4.25. The van der Waals surface area contributed by atoms with E-state index in [-0.39, 0.29) is 5.01 Å². The quantitative estimate of drug-likeness (QED) is 0.352. The second-order valence-corrected chi connectivity index (χ2v) is 4.20. The summed E-state index contributed by atoms with van der Waals surface area (Å²) < 4.78 is 4.82. The summed E-state index contributed by atoms with van der Waals surface area (Å²) in [7, 11) is 0. The summed E-state index contributed by atoms with van der Waals surface area (Å²) in [5.41, 5.74) is 0.535. The van der Waals surface area contributed by atoms with Gasteiger partial charge >= 0.3 is 5.97 Å².